The molecule has 0 unspecified atom stereocenters. The van der Waals surface area contributed by atoms with Gasteiger partial charge in [-0.25, -0.2) is 55.9 Å². The summed E-state index contributed by atoms with van der Waals surface area (Å²) in [4.78, 5) is 151. The zero-order valence-electron chi connectivity index (χ0n) is 74.5. The summed E-state index contributed by atoms with van der Waals surface area (Å²) < 4.78 is 130. The van der Waals surface area contributed by atoms with E-state index in [4.69, 9.17) is 51.8 Å². The Hall–Kier alpha value is -5.02. The van der Waals surface area contributed by atoms with Crippen molar-refractivity contribution in [2.45, 2.75) is 259 Å². The van der Waals surface area contributed by atoms with E-state index in [9.17, 15) is 80.9 Å². The molecule has 3 aromatic heterocycles. The second-order valence-electron chi connectivity index (χ2n) is 36.4. The number of aliphatic hydroxyl groups excluding tert-OH is 2. The molecule has 12 atom stereocenters. The van der Waals surface area contributed by atoms with E-state index in [0.29, 0.717) is 9.80 Å². The predicted molar refractivity (Wildman–Crippen MR) is 476 cm³/mol. The van der Waals surface area contributed by atoms with Gasteiger partial charge in [0.2, 0.25) is 0 Å². The fourth-order valence-corrected chi connectivity index (χ4v) is 20.7. The van der Waals surface area contributed by atoms with Gasteiger partial charge in [0, 0.05) is 85.6 Å². The van der Waals surface area contributed by atoms with Crippen molar-refractivity contribution in [1.82, 2.24) is 28.7 Å². The molecule has 0 spiro atoms. The van der Waals surface area contributed by atoms with Crippen LogP contribution in [-0.2, 0) is 74.4 Å². The highest BCUT2D eigenvalue weighted by molar-refractivity contribution is 8.14. The molecule has 4 N–H and O–H groups in total. The third kappa shape index (κ3) is 35.8. The highest BCUT2D eigenvalue weighted by Gasteiger charge is 2.49. The van der Waals surface area contributed by atoms with Crippen molar-refractivity contribution < 1.29 is 117 Å². The third-order valence-electron chi connectivity index (χ3n) is 16.4. The van der Waals surface area contributed by atoms with Crippen LogP contribution in [-0.4, -0.2) is 216 Å². The Labute approximate surface area is 746 Å². The number of imide groups is 2. The monoisotopic (exact) mass is 1920 g/mol. The van der Waals surface area contributed by atoms with Crippen molar-refractivity contribution in [3.63, 3.8) is 0 Å². The van der Waals surface area contributed by atoms with Crippen molar-refractivity contribution in [2.24, 2.45) is 33.5 Å². The number of hydrogen-bond donors (Lipinski definition) is 3. The maximum atomic E-state index is 15.8. The molecule has 698 valence electrons. The van der Waals surface area contributed by atoms with E-state index in [2.05, 4.69) is 15.0 Å². The van der Waals surface area contributed by atoms with Gasteiger partial charge in [-0.05, 0) is 101 Å². The second kappa shape index (κ2) is 46.0. The van der Waals surface area contributed by atoms with Gasteiger partial charge < -0.3 is 34.9 Å². The summed E-state index contributed by atoms with van der Waals surface area (Å²) in [5, 5.41) is 14.6. The Kier molecular flexibility index (Phi) is 41.2. The van der Waals surface area contributed by atoms with E-state index in [1.807, 2.05) is 0 Å². The van der Waals surface area contributed by atoms with Gasteiger partial charge in [-0.1, -0.05) is 144 Å². The van der Waals surface area contributed by atoms with Crippen LogP contribution in [0.5, 0.6) is 0 Å². The molecule has 0 saturated carbocycles. The van der Waals surface area contributed by atoms with E-state index < -0.39 is 171 Å². The number of rotatable bonds is 28. The summed E-state index contributed by atoms with van der Waals surface area (Å²) in [5.41, 5.74) is -3.17. The first-order chi connectivity index (χ1) is 56.1. The highest BCUT2D eigenvalue weighted by Crippen LogP contribution is 2.55. The minimum absolute atomic E-state index is 0.0185. The van der Waals surface area contributed by atoms with Gasteiger partial charge in [0.25, 0.3) is 0 Å². The molecule has 3 saturated heterocycles. The number of amides is 4. The lowest BCUT2D eigenvalue weighted by Gasteiger charge is -2.28. The van der Waals surface area contributed by atoms with Gasteiger partial charge in [0.05, 0.1) is 51.5 Å². The minimum Gasteiger partial charge on any atom is -0.443 e. The Bertz CT molecular complexity index is 4280. The number of carbonyl (C=O) groups is 8. The Morgan fingerprint density at radius 1 is 0.431 bits per heavy atom. The quantitative estimate of drug-likeness (QED) is 0.0345. The second-order valence-corrected chi connectivity index (χ2v) is 48.1. The zero-order chi connectivity index (χ0) is 94.1. The normalized spacial score (nSPS) is 21.7. The lowest BCUT2D eigenvalue weighted by Crippen LogP contribution is -2.45. The lowest BCUT2D eigenvalue weighted by molar-refractivity contribution is -0.118. The molecular formula is C77H122F3N9O25P2S7. The van der Waals surface area contributed by atoms with E-state index in [0.717, 1.165) is 96.0 Å². The number of nitrogen functional groups attached to an aromatic ring is 1. The molecule has 6 rings (SSSR count). The number of nitrogens with zero attached hydrogens (tertiary/aromatic N) is 8. The molecule has 6 heterocycles. The topological polar surface area (TPSA) is 441 Å². The molecule has 3 aliphatic heterocycles. The summed E-state index contributed by atoms with van der Waals surface area (Å²) in [6.07, 6.45) is -6.92. The number of ether oxygens (including phenoxy) is 4. The number of halogens is 3. The number of hydrogen-bond acceptors (Lipinski definition) is 36. The molecule has 46 heteroatoms. The highest BCUT2D eigenvalue weighted by atomic mass is 32.2. The first kappa shape index (κ1) is 110. The molecule has 0 aliphatic carbocycles. The van der Waals surface area contributed by atoms with Crippen LogP contribution in [0.2, 0.25) is 0 Å². The predicted octanol–water partition coefficient (Wildman–Crippen LogP) is 15.7. The minimum atomic E-state index is -4.25. The number of thioether (sulfide) groups is 7. The largest absolute Gasteiger partial charge is 0.474 e. The van der Waals surface area contributed by atoms with E-state index in [1.54, 1.807) is 180 Å². The molecule has 4 amide bonds. The number of aliphatic hydroxyl groups is 2. The molecule has 0 bridgehead atoms. The first-order valence-corrected chi connectivity index (χ1v) is 48.8. The van der Waals surface area contributed by atoms with Crippen LogP contribution in [0.15, 0.2) is 51.2 Å². The average Bonchev–Trinajstić information content (AvgIpc) is 1.70. The van der Waals surface area contributed by atoms with E-state index in [1.165, 1.54) is 36.8 Å². The van der Waals surface area contributed by atoms with Crippen molar-refractivity contribution >= 4 is 160 Å². The van der Waals surface area contributed by atoms with Gasteiger partial charge in [-0.3, -0.25) is 60.0 Å². The fourth-order valence-electron chi connectivity index (χ4n) is 9.96. The Morgan fingerprint density at radius 3 is 0.959 bits per heavy atom. The number of aromatic nitrogens is 6. The van der Waals surface area contributed by atoms with E-state index in [-0.39, 0.29) is 106 Å². The van der Waals surface area contributed by atoms with Crippen LogP contribution < -0.4 is 32.6 Å². The van der Waals surface area contributed by atoms with Crippen LogP contribution in [0.1, 0.15) is 196 Å². The zero-order valence-corrected chi connectivity index (χ0v) is 82.0. The molecule has 34 nitrogen and oxygen atoms in total. The van der Waals surface area contributed by atoms with Gasteiger partial charge >= 0.3 is 57.1 Å². The van der Waals surface area contributed by atoms with Crippen molar-refractivity contribution in [3.8, 4) is 0 Å². The molecule has 3 aromatic rings. The maximum Gasteiger partial charge on any atom is 0.474 e. The molecule has 0 radical (unpaired) electrons. The molecule has 3 aliphatic rings. The number of phosphoric ester groups is 2. The van der Waals surface area contributed by atoms with Crippen LogP contribution in [0, 0.1) is 33.5 Å². The van der Waals surface area contributed by atoms with Crippen molar-refractivity contribution in [1.29, 1.82) is 0 Å². The fraction of sp³-hybridized carbons (Fsp3) is 0.740. The molecular weight excluding hydrogens is 1790 g/mol. The summed E-state index contributed by atoms with van der Waals surface area (Å²) in [5.74, 6) is -1.11. The van der Waals surface area contributed by atoms with Gasteiger partial charge in [-0.15, -0.1) is 35.3 Å². The number of nitrogens with two attached hydrogens (primary N) is 1. The van der Waals surface area contributed by atoms with Gasteiger partial charge in [-0.2, -0.15) is 24.8 Å². The standard InChI is InChI=1S/C34H55FN3O11PS3.C23H37FN3O8PS3.C20H30FN3O6S/c1-21-22(20-47-50(44,45-16-18-51-26(39)31(2,3)4)46-17-19-52-27(40)32(5,6)7)53-25(24(21)35)37-15-14-23(36-28(37)41)38(29(42)48-33(8,9)10)30(43)49-34(11,12)13;1-22(2,3)19(29)37-11-9-33-36(32,34-10-12-38-20(30)23(4,5)6)35-13-14-17(28)16(24)18(39-14)27-8-7-15(25)26-21(27)31;1-11-12(10-25)31-15(14(11)21)23-9-8-13(22-16(23)26)24(17(27)29-19(2,3)4)18(28)30-20(5,6)7/h14-15,21-22,24-25H,16-20H2,1-13H3;7-8,14,16-18,28H,9-13H2,1-6H3,(H2,25,26,31);8-9,11-12,14-15,25H,10H2,1-7H3/t21-,22-,24+,25-;14-,16+,17-,18-;11-,12-,14+,15-/m111/s1. The summed E-state index contributed by atoms with van der Waals surface area (Å²) >= 11 is 7.17. The third-order valence-corrected chi connectivity index (χ3v) is 29.2. The maximum absolute atomic E-state index is 15.8. The molecule has 123 heavy (non-hydrogen) atoms. The van der Waals surface area contributed by atoms with Crippen molar-refractivity contribution in [3.05, 3.63) is 68.2 Å². The van der Waals surface area contributed by atoms with Crippen LogP contribution in [0.3, 0.4) is 0 Å². The lowest BCUT2D eigenvalue weighted by atomic mass is 9.99. The van der Waals surface area contributed by atoms with Gasteiger partial charge in [0.15, 0.2) is 38.3 Å². The smallest absolute Gasteiger partial charge is 0.443 e. The van der Waals surface area contributed by atoms with Gasteiger partial charge in [0.1, 0.15) is 62.8 Å². The van der Waals surface area contributed by atoms with Crippen LogP contribution in [0.4, 0.5) is 49.8 Å². The number of anilines is 3. The average molecular weight is 1920 g/mol. The number of phosphoric acid groups is 2. The molecule has 3 fully saturated rings. The van der Waals surface area contributed by atoms with E-state index >= 15 is 4.39 Å². The number of carbonyl (C=O) groups excluding carboxylic acids is 8. The van der Waals surface area contributed by atoms with Crippen molar-refractivity contribution in [2.75, 3.05) is 84.8 Å². The summed E-state index contributed by atoms with van der Waals surface area (Å²) in [6.45, 7) is 42.5. The summed E-state index contributed by atoms with van der Waals surface area (Å²) in [6, 6.07) is 3.79. The van der Waals surface area contributed by atoms with Crippen LogP contribution in [0.25, 0.3) is 0 Å². The first-order valence-electron chi connectivity index (χ1n) is 39.1. The number of alkyl halides is 3. The van der Waals surface area contributed by atoms with Crippen LogP contribution >= 0.6 is 98.0 Å². The summed E-state index contributed by atoms with van der Waals surface area (Å²) in [7, 11) is -8.47. The Balaban J connectivity index is 0.000000402. The SMILES string of the molecule is CC(C)(C)C(=O)SCCOP(=O)(OCCSC(=O)C(C)(C)C)OC[C@H]1S[C@@H](n2ccc(N)nc2=O)[C@@H](F)[C@@H]1O.C[C@H]1[C@H](F)[C@H](n2ccc(N(C(=O)OC(C)(C)C)C(=O)OC(C)(C)C)nc2=O)S[C@@H]1CO.C[C@H]1[C@H](F)[C@H](n2ccc(N(C(=O)OC(C)(C)C)C(=O)OC(C)(C)C)nc2=O)S[C@@H]1COP(=O)(OCCSC(=O)C(C)(C)C)OCCSC(=O)C(C)(C)C. The Morgan fingerprint density at radius 2 is 0.691 bits per heavy atom. The molecule has 0 aromatic carbocycles.